The van der Waals surface area contributed by atoms with Crippen molar-refractivity contribution in [3.05, 3.63) is 237 Å². The van der Waals surface area contributed by atoms with Crippen LogP contribution < -0.4 is 0 Å². The van der Waals surface area contributed by atoms with Crippen molar-refractivity contribution in [2.75, 3.05) is 0 Å². The normalized spacial score (nSPS) is 11.8. The third-order valence-corrected chi connectivity index (χ3v) is 13.1. The van der Waals surface area contributed by atoms with Crippen molar-refractivity contribution in [1.29, 1.82) is 0 Å². The zero-order valence-corrected chi connectivity index (χ0v) is 34.4. The second-order valence-corrected chi connectivity index (χ2v) is 16.5. The van der Waals surface area contributed by atoms with E-state index in [-0.39, 0.29) is 0 Å². The van der Waals surface area contributed by atoms with Gasteiger partial charge in [0.1, 0.15) is 0 Å². The van der Waals surface area contributed by atoms with Crippen LogP contribution in [0.3, 0.4) is 0 Å². The lowest BCUT2D eigenvalue weighted by Gasteiger charge is -2.15. The highest BCUT2D eigenvalue weighted by molar-refractivity contribution is 6.13. The molecule has 0 unspecified atom stereocenters. The SMILES string of the molecule is c1ccc(-c2ccc3c(c2)c2ccccc2n3-c2ccc(-c3ccccc3-n3c4ccccc4c4cc(-c5ccc6c(c5)c5ccccc5n6-c5ccccc5)ccc43)cc2)cc1. The van der Waals surface area contributed by atoms with E-state index in [2.05, 4.69) is 250 Å². The van der Waals surface area contributed by atoms with E-state index in [9.17, 15) is 0 Å². The predicted octanol–water partition coefficient (Wildman–Crippen LogP) is 16.0. The molecule has 0 saturated carbocycles. The topological polar surface area (TPSA) is 14.8 Å². The van der Waals surface area contributed by atoms with Crippen molar-refractivity contribution >= 4 is 65.4 Å². The maximum Gasteiger partial charge on any atom is 0.0541 e. The van der Waals surface area contributed by atoms with Crippen LogP contribution in [-0.2, 0) is 0 Å². The van der Waals surface area contributed by atoms with Gasteiger partial charge in [-0.05, 0) is 113 Å². The fourth-order valence-corrected chi connectivity index (χ4v) is 10.2. The number of benzene rings is 10. The van der Waals surface area contributed by atoms with Crippen LogP contribution in [0.1, 0.15) is 0 Å². The van der Waals surface area contributed by atoms with Gasteiger partial charge in [0.15, 0.2) is 0 Å². The molecule has 13 rings (SSSR count). The molecule has 0 amide bonds. The van der Waals surface area contributed by atoms with E-state index in [1.807, 2.05) is 0 Å². The summed E-state index contributed by atoms with van der Waals surface area (Å²) in [6.45, 7) is 0. The van der Waals surface area contributed by atoms with Gasteiger partial charge in [0.25, 0.3) is 0 Å². The maximum atomic E-state index is 2.45. The van der Waals surface area contributed by atoms with E-state index in [1.165, 1.54) is 104 Å². The molecule has 3 nitrogen and oxygen atoms in total. The summed E-state index contributed by atoms with van der Waals surface area (Å²) in [6.07, 6.45) is 0. The minimum atomic E-state index is 1.14. The molecule has 0 aliphatic heterocycles. The molecular formula is C60H39N3. The molecule has 0 aliphatic rings. The molecule has 3 heterocycles. The molecule has 63 heavy (non-hydrogen) atoms. The summed E-state index contributed by atoms with van der Waals surface area (Å²) >= 11 is 0. The van der Waals surface area contributed by atoms with Crippen LogP contribution >= 0.6 is 0 Å². The molecule has 0 aliphatic carbocycles. The Bertz CT molecular complexity index is 3880. The summed E-state index contributed by atoms with van der Waals surface area (Å²) < 4.78 is 7.23. The molecule has 0 saturated heterocycles. The van der Waals surface area contributed by atoms with Gasteiger partial charge >= 0.3 is 0 Å². The van der Waals surface area contributed by atoms with Crippen LogP contribution in [0, 0.1) is 0 Å². The van der Waals surface area contributed by atoms with E-state index < -0.39 is 0 Å². The fourth-order valence-electron chi connectivity index (χ4n) is 10.2. The van der Waals surface area contributed by atoms with Crippen LogP contribution in [0.15, 0.2) is 237 Å². The van der Waals surface area contributed by atoms with Gasteiger partial charge in [-0.2, -0.15) is 0 Å². The zero-order valence-electron chi connectivity index (χ0n) is 34.4. The van der Waals surface area contributed by atoms with Gasteiger partial charge in [0.2, 0.25) is 0 Å². The third kappa shape index (κ3) is 5.53. The Morgan fingerprint density at radius 1 is 0.206 bits per heavy atom. The average molecular weight is 802 g/mol. The summed E-state index contributed by atoms with van der Waals surface area (Å²) in [7, 11) is 0. The molecular weight excluding hydrogens is 763 g/mol. The van der Waals surface area contributed by atoms with Crippen molar-refractivity contribution in [2.24, 2.45) is 0 Å². The lowest BCUT2D eigenvalue weighted by Crippen LogP contribution is -1.98. The number of fused-ring (bicyclic) bond motifs is 9. The third-order valence-electron chi connectivity index (χ3n) is 13.1. The Morgan fingerprint density at radius 2 is 0.571 bits per heavy atom. The molecule has 0 N–H and O–H groups in total. The molecule has 0 spiro atoms. The van der Waals surface area contributed by atoms with E-state index >= 15 is 0 Å². The Hall–Kier alpha value is -8.40. The van der Waals surface area contributed by atoms with Crippen LogP contribution in [0.2, 0.25) is 0 Å². The summed E-state index contributed by atoms with van der Waals surface area (Å²) in [5.41, 5.74) is 17.9. The smallest absolute Gasteiger partial charge is 0.0541 e. The first kappa shape index (κ1) is 35.4. The summed E-state index contributed by atoms with van der Waals surface area (Å²) in [5.74, 6) is 0. The van der Waals surface area contributed by atoms with Crippen molar-refractivity contribution < 1.29 is 0 Å². The minimum absolute atomic E-state index is 1.14. The number of hydrogen-bond donors (Lipinski definition) is 0. The van der Waals surface area contributed by atoms with E-state index in [4.69, 9.17) is 0 Å². The maximum absolute atomic E-state index is 2.45. The largest absolute Gasteiger partial charge is 0.309 e. The van der Waals surface area contributed by atoms with Gasteiger partial charge < -0.3 is 13.7 Å². The number of aromatic nitrogens is 3. The number of nitrogens with zero attached hydrogens (tertiary/aromatic N) is 3. The molecule has 294 valence electrons. The number of hydrogen-bond acceptors (Lipinski definition) is 0. The average Bonchev–Trinajstić information content (AvgIpc) is 3.99. The van der Waals surface area contributed by atoms with Gasteiger partial charge in [0.05, 0.1) is 38.8 Å². The highest BCUT2D eigenvalue weighted by atomic mass is 15.0. The Labute approximate surface area is 364 Å². The number of para-hydroxylation sites is 5. The first-order valence-electron chi connectivity index (χ1n) is 21.7. The second-order valence-electron chi connectivity index (χ2n) is 16.5. The summed E-state index contributed by atoms with van der Waals surface area (Å²) in [4.78, 5) is 0. The highest BCUT2D eigenvalue weighted by Crippen LogP contribution is 2.41. The van der Waals surface area contributed by atoms with E-state index in [1.54, 1.807) is 0 Å². The second kappa shape index (κ2) is 14.1. The van der Waals surface area contributed by atoms with Crippen LogP contribution in [0.25, 0.3) is 116 Å². The Balaban J connectivity index is 0.914. The highest BCUT2D eigenvalue weighted by Gasteiger charge is 2.19. The van der Waals surface area contributed by atoms with Gasteiger partial charge in [-0.1, -0.05) is 152 Å². The monoisotopic (exact) mass is 801 g/mol. The number of rotatable bonds is 6. The quantitative estimate of drug-likeness (QED) is 0.159. The van der Waals surface area contributed by atoms with Crippen molar-refractivity contribution in [3.63, 3.8) is 0 Å². The molecule has 3 aromatic heterocycles. The van der Waals surface area contributed by atoms with Crippen molar-refractivity contribution in [1.82, 2.24) is 13.7 Å². The van der Waals surface area contributed by atoms with Crippen LogP contribution in [0.5, 0.6) is 0 Å². The van der Waals surface area contributed by atoms with Crippen LogP contribution in [0.4, 0.5) is 0 Å². The molecule has 0 atom stereocenters. The van der Waals surface area contributed by atoms with Gasteiger partial charge in [0, 0.05) is 49.3 Å². The first-order chi connectivity index (χ1) is 31.3. The molecule has 0 fully saturated rings. The molecule has 0 radical (unpaired) electrons. The fraction of sp³-hybridized carbons (Fsp3) is 0. The summed E-state index contributed by atoms with van der Waals surface area (Å²) in [5, 5.41) is 7.50. The Morgan fingerprint density at radius 3 is 1.11 bits per heavy atom. The van der Waals surface area contributed by atoms with Gasteiger partial charge in [-0.25, -0.2) is 0 Å². The lowest BCUT2D eigenvalue weighted by molar-refractivity contribution is 1.17. The van der Waals surface area contributed by atoms with Crippen molar-refractivity contribution in [2.45, 2.75) is 0 Å². The minimum Gasteiger partial charge on any atom is -0.309 e. The lowest BCUT2D eigenvalue weighted by atomic mass is 10.0. The Kier molecular flexibility index (Phi) is 7.91. The van der Waals surface area contributed by atoms with Gasteiger partial charge in [-0.3, -0.25) is 0 Å². The molecule has 0 bridgehead atoms. The molecule has 3 heteroatoms. The van der Waals surface area contributed by atoms with Gasteiger partial charge in [-0.15, -0.1) is 0 Å². The van der Waals surface area contributed by atoms with Crippen molar-refractivity contribution in [3.8, 4) is 50.4 Å². The van der Waals surface area contributed by atoms with Crippen LogP contribution in [-0.4, -0.2) is 13.7 Å². The molecule has 13 aromatic rings. The predicted molar refractivity (Wildman–Crippen MR) is 266 cm³/mol. The van der Waals surface area contributed by atoms with E-state index in [0.717, 1.165) is 11.4 Å². The zero-order chi connectivity index (χ0) is 41.4. The molecule has 10 aromatic carbocycles. The van der Waals surface area contributed by atoms with E-state index in [0.29, 0.717) is 0 Å². The first-order valence-corrected chi connectivity index (χ1v) is 21.7. The summed E-state index contributed by atoms with van der Waals surface area (Å²) in [6, 6.07) is 86.4. The standard InChI is InChI=1S/C60H39N3/c1-3-15-40(16-4-1)42-29-34-59-51(37-42)48-20-9-13-25-56(48)62(59)46-32-27-41(28-33-46)47-19-7-11-23-54(47)63-57-26-14-10-22-50(57)53-39-44(31-36-60(53)63)43-30-35-58-52(38-43)49-21-8-12-24-55(49)61(58)45-17-5-2-6-18-45/h1-39H.